The van der Waals surface area contributed by atoms with Crippen LogP contribution in [0.2, 0.25) is 0 Å². The highest BCUT2D eigenvalue weighted by Crippen LogP contribution is 2.09. The summed E-state index contributed by atoms with van der Waals surface area (Å²) in [5.74, 6) is -0.371. The lowest BCUT2D eigenvalue weighted by atomic mass is 10.3. The molecule has 0 aromatic heterocycles. The summed E-state index contributed by atoms with van der Waals surface area (Å²) >= 11 is 0. The Hall–Kier alpha value is -0.650. The van der Waals surface area contributed by atoms with Crippen LogP contribution >= 0.6 is 0 Å². The largest absolute Gasteiger partial charge is 0.468 e. The molecule has 12 heavy (non-hydrogen) atoms. The van der Waals surface area contributed by atoms with E-state index in [0.717, 1.165) is 0 Å². The Balaban J connectivity index is 2.48. The Kier molecular flexibility index (Phi) is 3.46. The fourth-order valence-corrected chi connectivity index (χ4v) is 1.06. The third-order valence-electron chi connectivity index (χ3n) is 1.69. The van der Waals surface area contributed by atoms with Gasteiger partial charge in [0.2, 0.25) is 0 Å². The minimum atomic E-state index is -0.530. The lowest BCUT2D eigenvalue weighted by molar-refractivity contribution is -0.154. The van der Waals surface area contributed by atoms with Crippen molar-refractivity contribution in [2.24, 2.45) is 0 Å². The highest BCUT2D eigenvalue weighted by Gasteiger charge is 2.32. The maximum absolute atomic E-state index is 11.1. The lowest BCUT2D eigenvalue weighted by Crippen LogP contribution is -2.45. The molecule has 1 aliphatic heterocycles. The molecule has 0 bridgehead atoms. The number of rotatable bonds is 3. The van der Waals surface area contributed by atoms with Gasteiger partial charge in [-0.25, -0.2) is 0 Å². The number of esters is 1. The monoisotopic (exact) mass is 175 g/mol. The molecule has 0 amide bonds. The molecule has 0 spiro atoms. The molecule has 1 heterocycles. The van der Waals surface area contributed by atoms with Crippen LogP contribution in [0.4, 0.5) is 0 Å². The predicted molar refractivity (Wildman–Crippen MR) is 40.6 cm³/mol. The van der Waals surface area contributed by atoms with Crippen molar-refractivity contribution >= 4 is 5.97 Å². The molecule has 1 aliphatic rings. The number of nitrogens with one attached hydrogen (secondary N) is 1. The van der Waals surface area contributed by atoms with Gasteiger partial charge in [-0.3, -0.25) is 4.79 Å². The van der Waals surface area contributed by atoms with Gasteiger partial charge in [-0.15, -0.1) is 0 Å². The van der Waals surface area contributed by atoms with Gasteiger partial charge in [-0.05, 0) is 7.05 Å². The van der Waals surface area contributed by atoms with Crippen LogP contribution in [0, 0.1) is 0 Å². The first-order valence-electron chi connectivity index (χ1n) is 3.78. The zero-order valence-corrected chi connectivity index (χ0v) is 7.20. The molecule has 70 valence electrons. The van der Waals surface area contributed by atoms with Crippen molar-refractivity contribution in [1.82, 2.24) is 5.32 Å². The average molecular weight is 175 g/mol. The van der Waals surface area contributed by atoms with E-state index < -0.39 is 12.3 Å². The quantitative estimate of drug-likeness (QED) is 0.564. The number of hydrogen-bond acceptors (Lipinski definition) is 5. The van der Waals surface area contributed by atoms with Crippen molar-refractivity contribution in [2.75, 3.05) is 27.4 Å². The summed E-state index contributed by atoms with van der Waals surface area (Å²) < 4.78 is 14.8. The number of hydrogen-bond donors (Lipinski definition) is 1. The van der Waals surface area contributed by atoms with Gasteiger partial charge in [0, 0.05) is 0 Å². The Bertz CT molecular complexity index is 155. The molecule has 1 rings (SSSR count). The number of likely N-dealkylation sites (N-methyl/N-ethyl adjacent to an activating group) is 1. The van der Waals surface area contributed by atoms with E-state index in [0.29, 0.717) is 13.2 Å². The summed E-state index contributed by atoms with van der Waals surface area (Å²) in [5.41, 5.74) is 0. The fraction of sp³-hybridized carbons (Fsp3) is 0.857. The topological polar surface area (TPSA) is 56.8 Å². The van der Waals surface area contributed by atoms with Crippen molar-refractivity contribution in [3.05, 3.63) is 0 Å². The third kappa shape index (κ3) is 1.94. The van der Waals surface area contributed by atoms with E-state index in [1.54, 1.807) is 7.05 Å². The van der Waals surface area contributed by atoms with Crippen LogP contribution in [0.15, 0.2) is 0 Å². The molecule has 1 unspecified atom stereocenters. The second-order valence-corrected chi connectivity index (χ2v) is 2.40. The highest BCUT2D eigenvalue weighted by molar-refractivity contribution is 5.76. The summed E-state index contributed by atoms with van der Waals surface area (Å²) in [6.07, 6.45) is -0.512. The van der Waals surface area contributed by atoms with E-state index in [1.807, 2.05) is 0 Å². The lowest BCUT2D eigenvalue weighted by Gasteiger charge is -2.18. The van der Waals surface area contributed by atoms with Gasteiger partial charge < -0.3 is 19.5 Å². The first-order valence-corrected chi connectivity index (χ1v) is 3.78. The molecule has 1 atom stereocenters. The number of methoxy groups -OCH3 is 1. The molecule has 1 N–H and O–H groups in total. The van der Waals surface area contributed by atoms with Gasteiger partial charge >= 0.3 is 5.97 Å². The van der Waals surface area contributed by atoms with E-state index in [4.69, 9.17) is 9.47 Å². The maximum Gasteiger partial charge on any atom is 0.328 e. The van der Waals surface area contributed by atoms with Crippen molar-refractivity contribution in [3.63, 3.8) is 0 Å². The van der Waals surface area contributed by atoms with Crippen LogP contribution in [-0.4, -0.2) is 45.7 Å². The van der Waals surface area contributed by atoms with E-state index in [1.165, 1.54) is 7.11 Å². The zero-order valence-electron chi connectivity index (χ0n) is 7.20. The smallest absolute Gasteiger partial charge is 0.328 e. The second-order valence-electron chi connectivity index (χ2n) is 2.40. The molecule has 0 saturated carbocycles. The SMILES string of the molecule is CNC(C(=O)OC)C1OCCO1. The van der Waals surface area contributed by atoms with Gasteiger partial charge in [0.25, 0.3) is 0 Å². The average Bonchev–Trinajstić information content (AvgIpc) is 2.58. The summed E-state index contributed by atoms with van der Waals surface area (Å²) in [7, 11) is 2.99. The van der Waals surface area contributed by atoms with Crippen LogP contribution in [0.25, 0.3) is 0 Å². The molecule has 0 aromatic rings. The summed E-state index contributed by atoms with van der Waals surface area (Å²) in [6.45, 7) is 1.06. The normalized spacial score (nSPS) is 20.8. The molecule has 0 aromatic carbocycles. The Morgan fingerprint density at radius 3 is 2.58 bits per heavy atom. The van der Waals surface area contributed by atoms with Gasteiger partial charge in [0.15, 0.2) is 12.3 Å². The van der Waals surface area contributed by atoms with Crippen LogP contribution in [-0.2, 0) is 19.0 Å². The van der Waals surface area contributed by atoms with Crippen molar-refractivity contribution in [3.8, 4) is 0 Å². The van der Waals surface area contributed by atoms with Gasteiger partial charge in [-0.1, -0.05) is 0 Å². The van der Waals surface area contributed by atoms with E-state index in [9.17, 15) is 4.79 Å². The molecule has 5 heteroatoms. The fourth-order valence-electron chi connectivity index (χ4n) is 1.06. The van der Waals surface area contributed by atoms with Gasteiger partial charge in [0.05, 0.1) is 20.3 Å². The van der Waals surface area contributed by atoms with Crippen LogP contribution < -0.4 is 5.32 Å². The summed E-state index contributed by atoms with van der Waals surface area (Å²) in [6, 6.07) is -0.530. The van der Waals surface area contributed by atoms with Crippen LogP contribution in [0.3, 0.4) is 0 Å². The van der Waals surface area contributed by atoms with Crippen LogP contribution in [0.1, 0.15) is 0 Å². The molecule has 0 radical (unpaired) electrons. The summed E-state index contributed by atoms with van der Waals surface area (Å²) in [5, 5.41) is 2.77. The minimum Gasteiger partial charge on any atom is -0.468 e. The van der Waals surface area contributed by atoms with Crippen molar-refractivity contribution in [2.45, 2.75) is 12.3 Å². The Labute approximate surface area is 71.0 Å². The van der Waals surface area contributed by atoms with E-state index in [2.05, 4.69) is 10.1 Å². The summed E-state index contributed by atoms with van der Waals surface area (Å²) in [4.78, 5) is 11.1. The van der Waals surface area contributed by atoms with E-state index >= 15 is 0 Å². The third-order valence-corrected chi connectivity index (χ3v) is 1.69. The van der Waals surface area contributed by atoms with Crippen molar-refractivity contribution < 1.29 is 19.0 Å². The first-order chi connectivity index (χ1) is 5.79. The number of carbonyl (C=O) groups excluding carboxylic acids is 1. The van der Waals surface area contributed by atoms with Crippen LogP contribution in [0.5, 0.6) is 0 Å². The highest BCUT2D eigenvalue weighted by atomic mass is 16.7. The number of ether oxygens (including phenoxy) is 3. The minimum absolute atomic E-state index is 0.371. The molecule has 1 fully saturated rings. The van der Waals surface area contributed by atoms with Gasteiger partial charge in [-0.2, -0.15) is 0 Å². The number of carbonyl (C=O) groups is 1. The van der Waals surface area contributed by atoms with E-state index in [-0.39, 0.29) is 5.97 Å². The maximum atomic E-state index is 11.1. The Morgan fingerprint density at radius 1 is 1.58 bits per heavy atom. The molecule has 5 nitrogen and oxygen atoms in total. The standard InChI is InChI=1S/C7H13NO4/c1-8-5(6(9)10-2)7-11-3-4-12-7/h5,7-8H,3-4H2,1-2H3. The van der Waals surface area contributed by atoms with Crippen molar-refractivity contribution in [1.29, 1.82) is 0 Å². The second kappa shape index (κ2) is 4.39. The zero-order chi connectivity index (χ0) is 8.97. The van der Waals surface area contributed by atoms with Gasteiger partial charge in [0.1, 0.15) is 0 Å². The Morgan fingerprint density at radius 2 is 2.17 bits per heavy atom. The molecular formula is C7H13NO4. The molecular weight excluding hydrogens is 162 g/mol. The predicted octanol–water partition coefficient (Wildman–Crippen LogP) is -0.880. The molecule has 0 aliphatic carbocycles. The molecule has 1 saturated heterocycles. The first kappa shape index (κ1) is 9.44.